The van der Waals surface area contributed by atoms with Gasteiger partial charge in [-0.15, -0.1) is 22.0 Å². The summed E-state index contributed by atoms with van der Waals surface area (Å²) >= 11 is 3.27. The minimum absolute atomic E-state index is 0.0441. The molecule has 0 bridgehead atoms. The molecule has 1 unspecified atom stereocenters. The number of nitrogens with zero attached hydrogens (tertiary/aromatic N) is 3. The van der Waals surface area contributed by atoms with Gasteiger partial charge in [0.2, 0.25) is 5.91 Å². The predicted octanol–water partition coefficient (Wildman–Crippen LogP) is 5.56. The number of aryl methyl sites for hydroxylation is 2. The first-order chi connectivity index (χ1) is 14.5. The van der Waals surface area contributed by atoms with Crippen molar-refractivity contribution in [1.29, 1.82) is 0 Å². The van der Waals surface area contributed by atoms with Gasteiger partial charge in [-0.1, -0.05) is 55.9 Å². The Morgan fingerprint density at radius 3 is 2.60 bits per heavy atom. The standard InChI is InChI=1S/C23H28N4OS2/c1-5-17(3)30-20-11-12-21(16(2)13-20)24-22(28)15-29-23-26-25-18(4)27(23)14-19-9-7-6-8-10-19/h6-13,17H,5,14-15H2,1-4H3,(H,24,28). The number of thioether (sulfide) groups is 2. The molecule has 5 nitrogen and oxygen atoms in total. The van der Waals surface area contributed by atoms with Crippen LogP contribution < -0.4 is 5.32 Å². The highest BCUT2D eigenvalue weighted by atomic mass is 32.2. The lowest BCUT2D eigenvalue weighted by molar-refractivity contribution is -0.113. The Labute approximate surface area is 187 Å². The molecule has 30 heavy (non-hydrogen) atoms. The average molecular weight is 441 g/mol. The summed E-state index contributed by atoms with van der Waals surface area (Å²) in [6, 6.07) is 16.4. The summed E-state index contributed by atoms with van der Waals surface area (Å²) in [5.41, 5.74) is 3.11. The third-order valence-electron chi connectivity index (χ3n) is 4.80. The molecule has 3 aromatic rings. The van der Waals surface area contributed by atoms with Crippen LogP contribution in [-0.2, 0) is 11.3 Å². The van der Waals surface area contributed by atoms with Crippen molar-refractivity contribution in [2.24, 2.45) is 0 Å². The van der Waals surface area contributed by atoms with Crippen LogP contribution in [0.25, 0.3) is 0 Å². The molecule has 0 saturated carbocycles. The summed E-state index contributed by atoms with van der Waals surface area (Å²) in [7, 11) is 0. The number of benzene rings is 2. The molecule has 1 amide bonds. The highest BCUT2D eigenvalue weighted by Gasteiger charge is 2.13. The van der Waals surface area contributed by atoms with Gasteiger partial charge < -0.3 is 9.88 Å². The number of amides is 1. The molecular formula is C23H28N4OS2. The van der Waals surface area contributed by atoms with Gasteiger partial charge in [0.15, 0.2) is 5.16 Å². The molecule has 0 aliphatic rings. The number of carbonyl (C=O) groups is 1. The molecule has 2 aromatic carbocycles. The Balaban J connectivity index is 1.59. The molecule has 0 saturated heterocycles. The van der Waals surface area contributed by atoms with Crippen molar-refractivity contribution in [2.45, 2.75) is 56.0 Å². The van der Waals surface area contributed by atoms with Crippen molar-refractivity contribution < 1.29 is 4.79 Å². The van der Waals surface area contributed by atoms with Crippen molar-refractivity contribution in [1.82, 2.24) is 14.8 Å². The van der Waals surface area contributed by atoms with Gasteiger partial charge in [-0.2, -0.15) is 0 Å². The molecule has 0 radical (unpaired) electrons. The molecule has 3 rings (SSSR count). The molecule has 1 atom stereocenters. The summed E-state index contributed by atoms with van der Waals surface area (Å²) in [6.07, 6.45) is 1.13. The van der Waals surface area contributed by atoms with Gasteiger partial charge in [-0.05, 0) is 49.6 Å². The minimum Gasteiger partial charge on any atom is -0.325 e. The Morgan fingerprint density at radius 2 is 1.90 bits per heavy atom. The Morgan fingerprint density at radius 1 is 1.13 bits per heavy atom. The zero-order valence-electron chi connectivity index (χ0n) is 17.9. The molecule has 158 valence electrons. The van der Waals surface area contributed by atoms with Crippen molar-refractivity contribution in [3.63, 3.8) is 0 Å². The van der Waals surface area contributed by atoms with Crippen LogP contribution in [0.15, 0.2) is 58.6 Å². The smallest absolute Gasteiger partial charge is 0.234 e. The number of nitrogens with one attached hydrogen (secondary N) is 1. The molecule has 0 aliphatic carbocycles. The number of aromatic nitrogens is 3. The fourth-order valence-electron chi connectivity index (χ4n) is 2.90. The van der Waals surface area contributed by atoms with Crippen molar-refractivity contribution >= 4 is 35.1 Å². The Bertz CT molecular complexity index is 988. The molecular weight excluding hydrogens is 412 g/mol. The van der Waals surface area contributed by atoms with E-state index in [4.69, 9.17) is 0 Å². The van der Waals surface area contributed by atoms with Crippen LogP contribution in [0.1, 0.15) is 37.2 Å². The molecule has 0 fully saturated rings. The quantitative estimate of drug-likeness (QED) is 0.441. The topological polar surface area (TPSA) is 59.8 Å². The molecule has 0 aliphatic heterocycles. The van der Waals surface area contributed by atoms with Crippen LogP contribution in [0.2, 0.25) is 0 Å². The van der Waals surface area contributed by atoms with Crippen molar-refractivity contribution in [2.75, 3.05) is 11.1 Å². The highest BCUT2D eigenvalue weighted by Crippen LogP contribution is 2.28. The van der Waals surface area contributed by atoms with Crippen molar-refractivity contribution in [3.8, 4) is 0 Å². The largest absolute Gasteiger partial charge is 0.325 e. The monoisotopic (exact) mass is 440 g/mol. The van der Waals surface area contributed by atoms with E-state index in [0.717, 1.165) is 28.7 Å². The van der Waals surface area contributed by atoms with E-state index >= 15 is 0 Å². The van der Waals surface area contributed by atoms with E-state index in [1.54, 1.807) is 0 Å². The van der Waals surface area contributed by atoms with E-state index in [9.17, 15) is 4.79 Å². The van der Waals surface area contributed by atoms with Gasteiger partial charge in [0.1, 0.15) is 5.82 Å². The third kappa shape index (κ3) is 6.12. The summed E-state index contributed by atoms with van der Waals surface area (Å²) in [5.74, 6) is 1.08. The molecule has 7 heteroatoms. The number of hydrogen-bond donors (Lipinski definition) is 1. The second-order valence-corrected chi connectivity index (χ2v) is 9.71. The van der Waals surface area contributed by atoms with E-state index in [1.165, 1.54) is 22.2 Å². The normalized spacial score (nSPS) is 12.0. The van der Waals surface area contributed by atoms with Crippen LogP contribution in [0.4, 0.5) is 5.69 Å². The van der Waals surface area contributed by atoms with Crippen LogP contribution in [0.3, 0.4) is 0 Å². The predicted molar refractivity (Wildman–Crippen MR) is 126 cm³/mol. The van der Waals surface area contributed by atoms with Gasteiger partial charge in [0.25, 0.3) is 0 Å². The van der Waals surface area contributed by atoms with Crippen LogP contribution >= 0.6 is 23.5 Å². The first kappa shape index (κ1) is 22.4. The molecule has 0 spiro atoms. The lowest BCUT2D eigenvalue weighted by Gasteiger charge is -2.12. The number of rotatable bonds is 9. The van der Waals surface area contributed by atoms with Crippen molar-refractivity contribution in [3.05, 3.63) is 65.5 Å². The van der Waals surface area contributed by atoms with E-state index in [-0.39, 0.29) is 11.7 Å². The summed E-state index contributed by atoms with van der Waals surface area (Å²) in [4.78, 5) is 13.8. The van der Waals surface area contributed by atoms with E-state index in [1.807, 2.05) is 54.4 Å². The first-order valence-electron chi connectivity index (χ1n) is 10.1. The van der Waals surface area contributed by atoms with Gasteiger partial charge in [0.05, 0.1) is 12.3 Å². The van der Waals surface area contributed by atoms with Gasteiger partial charge in [-0.25, -0.2) is 0 Å². The van der Waals surface area contributed by atoms with Crippen LogP contribution in [0, 0.1) is 13.8 Å². The number of hydrogen-bond acceptors (Lipinski definition) is 5. The second kappa shape index (κ2) is 10.7. The Hall–Kier alpha value is -2.25. The van der Waals surface area contributed by atoms with Gasteiger partial charge >= 0.3 is 0 Å². The summed E-state index contributed by atoms with van der Waals surface area (Å²) < 4.78 is 2.04. The van der Waals surface area contributed by atoms with Gasteiger partial charge in [-0.3, -0.25) is 4.79 Å². The number of anilines is 1. The fourth-order valence-corrected chi connectivity index (χ4v) is 4.70. The molecule has 1 N–H and O–H groups in total. The zero-order chi connectivity index (χ0) is 21.5. The maximum Gasteiger partial charge on any atom is 0.234 e. The third-order valence-corrected chi connectivity index (χ3v) is 7.03. The van der Waals surface area contributed by atoms with E-state index in [0.29, 0.717) is 11.8 Å². The molecule has 1 aromatic heterocycles. The summed E-state index contributed by atoms with van der Waals surface area (Å²) in [5, 5.41) is 12.8. The van der Waals surface area contributed by atoms with Gasteiger partial charge in [0, 0.05) is 15.8 Å². The maximum atomic E-state index is 12.5. The Kier molecular flexibility index (Phi) is 7.99. The zero-order valence-corrected chi connectivity index (χ0v) is 19.5. The summed E-state index contributed by atoms with van der Waals surface area (Å²) in [6.45, 7) is 9.08. The van der Waals surface area contributed by atoms with Crippen LogP contribution in [-0.4, -0.2) is 31.7 Å². The maximum absolute atomic E-state index is 12.5. The highest BCUT2D eigenvalue weighted by molar-refractivity contribution is 8.00. The van der Waals surface area contributed by atoms with Crippen LogP contribution in [0.5, 0.6) is 0 Å². The molecule has 1 heterocycles. The fraction of sp³-hybridized carbons (Fsp3) is 0.348. The SMILES string of the molecule is CCC(C)Sc1ccc(NC(=O)CSc2nnc(C)n2Cc2ccccc2)c(C)c1. The number of carbonyl (C=O) groups excluding carboxylic acids is 1. The average Bonchev–Trinajstić information content (AvgIpc) is 3.08. The lowest BCUT2D eigenvalue weighted by atomic mass is 10.2. The lowest BCUT2D eigenvalue weighted by Crippen LogP contribution is -2.15. The second-order valence-electron chi connectivity index (χ2n) is 7.25. The van der Waals surface area contributed by atoms with E-state index in [2.05, 4.69) is 53.6 Å². The first-order valence-corrected chi connectivity index (χ1v) is 12.0. The minimum atomic E-state index is -0.0441. The van der Waals surface area contributed by atoms with E-state index < -0.39 is 0 Å².